The minimum absolute atomic E-state index is 0.0274. The zero-order valence-electron chi connectivity index (χ0n) is 20.1. The predicted octanol–water partition coefficient (Wildman–Crippen LogP) is 5.47. The molecule has 0 aliphatic carbocycles. The van der Waals surface area contributed by atoms with Gasteiger partial charge in [-0.05, 0) is 37.3 Å². The molecule has 0 radical (unpaired) electrons. The van der Waals surface area contributed by atoms with Gasteiger partial charge in [-0.15, -0.1) is 13.2 Å². The molecule has 2 unspecified atom stereocenters. The minimum atomic E-state index is -4.78. The average Bonchev–Trinajstić information content (AvgIpc) is 3.10. The first-order valence-electron chi connectivity index (χ1n) is 12.3. The van der Waals surface area contributed by atoms with Crippen LogP contribution in [0.15, 0.2) is 60.8 Å². The van der Waals surface area contributed by atoms with E-state index in [4.69, 9.17) is 0 Å². The molecular weight excluding hydrogens is 481 g/mol. The molecule has 192 valence electrons. The van der Waals surface area contributed by atoms with Crippen molar-refractivity contribution in [3.05, 3.63) is 77.5 Å². The summed E-state index contributed by atoms with van der Waals surface area (Å²) in [5.41, 5.74) is 1.95. The van der Waals surface area contributed by atoms with Gasteiger partial charge in [0.25, 0.3) is 0 Å². The van der Waals surface area contributed by atoms with Crippen molar-refractivity contribution >= 4 is 11.8 Å². The van der Waals surface area contributed by atoms with Crippen LogP contribution in [0.5, 0.6) is 5.75 Å². The summed E-state index contributed by atoms with van der Waals surface area (Å²) >= 11 is 0. The molecule has 7 nitrogen and oxygen atoms in total. The fourth-order valence-electron chi connectivity index (χ4n) is 5.35. The normalized spacial score (nSPS) is 21.3. The highest BCUT2D eigenvalue weighted by atomic mass is 19.4. The van der Waals surface area contributed by atoms with E-state index in [0.717, 1.165) is 32.2 Å². The SMILES string of the molecule is N#Cc1cnc(NCc2ccccc2OC(F)(F)F)nc1NC1CC2CCC(C1)N2Cc1ccccc1. The van der Waals surface area contributed by atoms with Gasteiger partial charge in [-0.3, -0.25) is 4.90 Å². The lowest BCUT2D eigenvalue weighted by Gasteiger charge is -2.39. The van der Waals surface area contributed by atoms with Crippen molar-refractivity contribution in [1.29, 1.82) is 5.26 Å². The van der Waals surface area contributed by atoms with E-state index in [1.165, 1.54) is 30.0 Å². The van der Waals surface area contributed by atoms with Crippen LogP contribution in [0.3, 0.4) is 0 Å². The van der Waals surface area contributed by atoms with Crippen LogP contribution in [-0.4, -0.2) is 39.4 Å². The van der Waals surface area contributed by atoms with Gasteiger partial charge in [0.15, 0.2) is 0 Å². The van der Waals surface area contributed by atoms with Crippen molar-refractivity contribution in [3.63, 3.8) is 0 Å². The van der Waals surface area contributed by atoms with Crippen molar-refractivity contribution < 1.29 is 17.9 Å². The molecule has 2 saturated heterocycles. The van der Waals surface area contributed by atoms with Crippen LogP contribution in [-0.2, 0) is 13.1 Å². The number of hydrogen-bond acceptors (Lipinski definition) is 7. The Hall–Kier alpha value is -3.84. The molecule has 5 rings (SSSR count). The van der Waals surface area contributed by atoms with Gasteiger partial charge in [0.1, 0.15) is 23.2 Å². The molecule has 2 aliphatic heterocycles. The molecule has 2 N–H and O–H groups in total. The molecule has 37 heavy (non-hydrogen) atoms. The fraction of sp³-hybridized carbons (Fsp3) is 0.370. The van der Waals surface area contributed by atoms with Crippen LogP contribution in [0.25, 0.3) is 0 Å². The van der Waals surface area contributed by atoms with Gasteiger partial charge < -0.3 is 15.4 Å². The minimum Gasteiger partial charge on any atom is -0.405 e. The molecule has 10 heteroatoms. The van der Waals surface area contributed by atoms with Crippen LogP contribution in [0.1, 0.15) is 42.4 Å². The number of hydrogen-bond donors (Lipinski definition) is 2. The Bertz CT molecular complexity index is 1250. The lowest BCUT2D eigenvalue weighted by Crippen LogP contribution is -2.46. The molecule has 3 aromatic rings. The van der Waals surface area contributed by atoms with Crippen LogP contribution in [0.2, 0.25) is 0 Å². The number of anilines is 2. The highest BCUT2D eigenvalue weighted by molar-refractivity contribution is 5.54. The highest BCUT2D eigenvalue weighted by Crippen LogP contribution is 2.38. The largest absolute Gasteiger partial charge is 0.573 e. The maximum absolute atomic E-state index is 12.7. The maximum atomic E-state index is 12.7. The van der Waals surface area contributed by atoms with Crippen LogP contribution >= 0.6 is 0 Å². The summed E-state index contributed by atoms with van der Waals surface area (Å²) in [6.45, 7) is 0.965. The Balaban J connectivity index is 1.24. The monoisotopic (exact) mass is 508 g/mol. The first-order valence-corrected chi connectivity index (χ1v) is 12.3. The maximum Gasteiger partial charge on any atom is 0.573 e. The molecule has 2 atom stereocenters. The molecule has 0 amide bonds. The van der Waals surface area contributed by atoms with Crippen LogP contribution < -0.4 is 15.4 Å². The Kier molecular flexibility index (Phi) is 7.15. The summed E-state index contributed by atoms with van der Waals surface area (Å²) in [5, 5.41) is 16.0. The van der Waals surface area contributed by atoms with Gasteiger partial charge in [-0.2, -0.15) is 10.2 Å². The molecule has 3 heterocycles. The Morgan fingerprint density at radius 2 is 1.73 bits per heavy atom. The number of benzene rings is 2. The Morgan fingerprint density at radius 3 is 2.43 bits per heavy atom. The third-order valence-corrected chi connectivity index (χ3v) is 6.98. The number of ether oxygens (including phenoxy) is 1. The number of nitriles is 1. The van der Waals surface area contributed by atoms with E-state index in [-0.39, 0.29) is 24.3 Å². The van der Waals surface area contributed by atoms with Crippen molar-refractivity contribution in [2.75, 3.05) is 10.6 Å². The van der Waals surface area contributed by atoms with Gasteiger partial charge in [0, 0.05) is 36.8 Å². The third-order valence-electron chi connectivity index (χ3n) is 6.98. The third kappa shape index (κ3) is 6.12. The number of halogens is 3. The first-order chi connectivity index (χ1) is 17.9. The van der Waals surface area contributed by atoms with E-state index in [9.17, 15) is 18.4 Å². The summed E-state index contributed by atoms with van der Waals surface area (Å²) in [7, 11) is 0. The molecule has 2 aromatic carbocycles. The summed E-state index contributed by atoms with van der Waals surface area (Å²) in [4.78, 5) is 11.2. The summed E-state index contributed by atoms with van der Waals surface area (Å²) in [6, 6.07) is 19.6. The molecule has 0 saturated carbocycles. The average molecular weight is 509 g/mol. The number of piperidine rings is 1. The van der Waals surface area contributed by atoms with E-state index >= 15 is 0 Å². The number of aromatic nitrogens is 2. The highest BCUT2D eigenvalue weighted by Gasteiger charge is 2.40. The number of fused-ring (bicyclic) bond motifs is 2. The predicted molar refractivity (Wildman–Crippen MR) is 133 cm³/mol. The Labute approximate surface area is 213 Å². The smallest absolute Gasteiger partial charge is 0.405 e. The van der Waals surface area contributed by atoms with Gasteiger partial charge in [0.2, 0.25) is 5.95 Å². The van der Waals surface area contributed by atoms with Gasteiger partial charge in [0.05, 0.1) is 6.20 Å². The molecule has 2 fully saturated rings. The molecule has 0 spiro atoms. The fourth-order valence-corrected chi connectivity index (χ4v) is 5.35. The summed E-state index contributed by atoms with van der Waals surface area (Å²) in [5.74, 6) is 0.362. The summed E-state index contributed by atoms with van der Waals surface area (Å²) in [6.07, 6.45) is 0.836. The van der Waals surface area contributed by atoms with E-state index in [1.807, 2.05) is 6.07 Å². The van der Waals surface area contributed by atoms with Crippen molar-refractivity contribution in [3.8, 4) is 11.8 Å². The number of para-hydroxylation sites is 1. The Morgan fingerprint density at radius 1 is 1.03 bits per heavy atom. The van der Waals surface area contributed by atoms with Crippen LogP contribution in [0, 0.1) is 11.3 Å². The number of alkyl halides is 3. The molecule has 1 aromatic heterocycles. The second kappa shape index (κ2) is 10.6. The second-order valence-corrected chi connectivity index (χ2v) is 9.43. The molecule has 2 aliphatic rings. The topological polar surface area (TPSA) is 86.1 Å². The first kappa shape index (κ1) is 24.8. The molecular formula is C27H27F3N6O. The lowest BCUT2D eigenvalue weighted by atomic mass is 9.96. The van der Waals surface area contributed by atoms with E-state index in [2.05, 4.69) is 60.6 Å². The van der Waals surface area contributed by atoms with E-state index < -0.39 is 6.36 Å². The standard InChI is InChI=1S/C27H27F3N6O/c28-27(29,30)37-24-9-5-4-8-19(24)15-32-26-33-16-20(14-31)25(35-26)34-21-12-22-10-11-23(13-21)36(22)17-18-6-2-1-3-7-18/h1-9,16,21-23H,10-13,15,17H2,(H2,32,33,34,35). The van der Waals surface area contributed by atoms with Gasteiger partial charge in [-0.25, -0.2) is 4.98 Å². The number of rotatable bonds is 8. The second-order valence-electron chi connectivity index (χ2n) is 9.43. The van der Waals surface area contributed by atoms with Gasteiger partial charge in [-0.1, -0.05) is 48.5 Å². The number of nitrogens with zero attached hydrogens (tertiary/aromatic N) is 4. The van der Waals surface area contributed by atoms with E-state index in [0.29, 0.717) is 29.0 Å². The van der Waals surface area contributed by atoms with Crippen molar-refractivity contribution in [2.45, 2.75) is 63.3 Å². The molecule has 2 bridgehead atoms. The van der Waals surface area contributed by atoms with E-state index in [1.54, 1.807) is 6.07 Å². The zero-order valence-corrected chi connectivity index (χ0v) is 20.1. The van der Waals surface area contributed by atoms with Crippen molar-refractivity contribution in [1.82, 2.24) is 14.9 Å². The van der Waals surface area contributed by atoms with Crippen LogP contribution in [0.4, 0.5) is 24.9 Å². The summed E-state index contributed by atoms with van der Waals surface area (Å²) < 4.78 is 42.3. The number of nitrogens with one attached hydrogen (secondary N) is 2. The lowest BCUT2D eigenvalue weighted by molar-refractivity contribution is -0.274. The zero-order chi connectivity index (χ0) is 25.8. The van der Waals surface area contributed by atoms with Gasteiger partial charge >= 0.3 is 6.36 Å². The van der Waals surface area contributed by atoms with Crippen molar-refractivity contribution in [2.24, 2.45) is 0 Å². The quantitative estimate of drug-likeness (QED) is 0.418.